The zero-order valence-corrected chi connectivity index (χ0v) is 11.9. The van der Waals surface area contributed by atoms with Gasteiger partial charge in [0, 0.05) is 31.9 Å². The zero-order valence-electron chi connectivity index (χ0n) is 11.9. The third kappa shape index (κ3) is 3.36. The zero-order chi connectivity index (χ0) is 13.9. The van der Waals surface area contributed by atoms with Crippen LogP contribution in [0.15, 0.2) is 12.3 Å². The molecule has 1 N–H and O–H groups in total. The van der Waals surface area contributed by atoms with Gasteiger partial charge in [-0.1, -0.05) is 5.21 Å². The SMILES string of the molecule is Cc1cc(OCCn2cc(CNC3CC3)nn2)n(C)n1. The van der Waals surface area contributed by atoms with Crippen molar-refractivity contribution in [1.29, 1.82) is 0 Å². The number of nitrogens with zero attached hydrogens (tertiary/aromatic N) is 5. The van der Waals surface area contributed by atoms with Crippen LogP contribution in [-0.4, -0.2) is 37.4 Å². The van der Waals surface area contributed by atoms with Crippen LogP contribution in [0, 0.1) is 6.92 Å². The Bertz CT molecular complexity index is 571. The van der Waals surface area contributed by atoms with Gasteiger partial charge in [0.25, 0.3) is 0 Å². The molecule has 0 spiro atoms. The maximum atomic E-state index is 5.68. The summed E-state index contributed by atoms with van der Waals surface area (Å²) in [5.41, 5.74) is 1.94. The van der Waals surface area contributed by atoms with Gasteiger partial charge in [0.15, 0.2) is 0 Å². The summed E-state index contributed by atoms with van der Waals surface area (Å²) in [5.74, 6) is 0.776. The summed E-state index contributed by atoms with van der Waals surface area (Å²) in [6, 6.07) is 2.61. The van der Waals surface area contributed by atoms with Crippen LogP contribution in [0.3, 0.4) is 0 Å². The van der Waals surface area contributed by atoms with Crippen molar-refractivity contribution >= 4 is 0 Å². The molecule has 0 aliphatic heterocycles. The van der Waals surface area contributed by atoms with Crippen LogP contribution >= 0.6 is 0 Å². The number of nitrogens with one attached hydrogen (secondary N) is 1. The lowest BCUT2D eigenvalue weighted by molar-refractivity contribution is 0.267. The molecule has 2 aromatic rings. The molecule has 108 valence electrons. The second-order valence-corrected chi connectivity index (χ2v) is 5.22. The van der Waals surface area contributed by atoms with Crippen LogP contribution in [-0.2, 0) is 20.1 Å². The van der Waals surface area contributed by atoms with E-state index in [0.29, 0.717) is 19.2 Å². The van der Waals surface area contributed by atoms with Gasteiger partial charge < -0.3 is 10.1 Å². The number of hydrogen-bond acceptors (Lipinski definition) is 5. The lowest BCUT2D eigenvalue weighted by Crippen LogP contribution is -2.15. The van der Waals surface area contributed by atoms with E-state index >= 15 is 0 Å². The normalized spacial score (nSPS) is 14.7. The van der Waals surface area contributed by atoms with Crippen LogP contribution in [0.2, 0.25) is 0 Å². The van der Waals surface area contributed by atoms with Gasteiger partial charge in [0.05, 0.1) is 17.9 Å². The number of aromatic nitrogens is 5. The average Bonchev–Trinajstić information content (AvgIpc) is 3.05. The van der Waals surface area contributed by atoms with Gasteiger partial charge in [0.1, 0.15) is 6.61 Å². The van der Waals surface area contributed by atoms with Gasteiger partial charge in [-0.25, -0.2) is 9.36 Å². The molecule has 7 nitrogen and oxygen atoms in total. The predicted octanol–water partition coefficient (Wildman–Crippen LogP) is 0.651. The van der Waals surface area contributed by atoms with Crippen molar-refractivity contribution in [2.45, 2.75) is 38.9 Å². The smallest absolute Gasteiger partial charge is 0.211 e. The maximum Gasteiger partial charge on any atom is 0.211 e. The first-order chi connectivity index (χ1) is 9.70. The maximum absolute atomic E-state index is 5.68. The van der Waals surface area contributed by atoms with Crippen molar-refractivity contribution in [3.8, 4) is 5.88 Å². The second-order valence-electron chi connectivity index (χ2n) is 5.22. The molecule has 0 bridgehead atoms. The third-order valence-electron chi connectivity index (χ3n) is 3.26. The molecule has 1 fully saturated rings. The van der Waals surface area contributed by atoms with Crippen molar-refractivity contribution in [3.05, 3.63) is 23.7 Å². The third-order valence-corrected chi connectivity index (χ3v) is 3.26. The minimum atomic E-state index is 0.553. The molecular weight excluding hydrogens is 256 g/mol. The van der Waals surface area contributed by atoms with E-state index in [9.17, 15) is 0 Å². The highest BCUT2D eigenvalue weighted by Crippen LogP contribution is 2.18. The van der Waals surface area contributed by atoms with Crippen molar-refractivity contribution in [3.63, 3.8) is 0 Å². The number of hydrogen-bond donors (Lipinski definition) is 1. The first-order valence-corrected chi connectivity index (χ1v) is 6.96. The van der Waals surface area contributed by atoms with Crippen LogP contribution in [0.1, 0.15) is 24.2 Å². The minimum absolute atomic E-state index is 0.553. The summed E-state index contributed by atoms with van der Waals surface area (Å²) >= 11 is 0. The van der Waals surface area contributed by atoms with Gasteiger partial charge in [-0.15, -0.1) is 5.10 Å². The Morgan fingerprint density at radius 1 is 1.45 bits per heavy atom. The van der Waals surface area contributed by atoms with E-state index in [2.05, 4.69) is 20.7 Å². The van der Waals surface area contributed by atoms with Crippen molar-refractivity contribution in [2.24, 2.45) is 7.05 Å². The first-order valence-electron chi connectivity index (χ1n) is 6.96. The number of rotatable bonds is 7. The standard InChI is InChI=1S/C13H20N6O/c1-10-7-13(18(2)16-10)20-6-5-19-9-12(15-17-19)8-14-11-3-4-11/h7,9,11,14H,3-6,8H2,1-2H3. The number of ether oxygens (including phenoxy) is 1. The summed E-state index contributed by atoms with van der Waals surface area (Å²) in [4.78, 5) is 0. The van der Waals surface area contributed by atoms with Gasteiger partial charge >= 0.3 is 0 Å². The fourth-order valence-corrected chi connectivity index (χ4v) is 2.03. The van der Waals surface area contributed by atoms with Crippen LogP contribution < -0.4 is 10.1 Å². The molecule has 2 aromatic heterocycles. The molecule has 0 atom stereocenters. The topological polar surface area (TPSA) is 69.8 Å². The van der Waals surface area contributed by atoms with E-state index in [0.717, 1.165) is 23.8 Å². The predicted molar refractivity (Wildman–Crippen MR) is 73.3 cm³/mol. The van der Waals surface area contributed by atoms with Gasteiger partial charge in [-0.3, -0.25) is 0 Å². The lowest BCUT2D eigenvalue weighted by Gasteiger charge is -2.05. The Morgan fingerprint density at radius 3 is 3.00 bits per heavy atom. The summed E-state index contributed by atoms with van der Waals surface area (Å²) < 4.78 is 9.23. The fourth-order valence-electron chi connectivity index (χ4n) is 2.03. The largest absolute Gasteiger partial charge is 0.476 e. The number of aryl methyl sites for hydroxylation is 2. The average molecular weight is 276 g/mol. The molecule has 0 unspecified atom stereocenters. The van der Waals surface area contributed by atoms with E-state index in [1.165, 1.54) is 12.8 Å². The van der Waals surface area contributed by atoms with Crippen LogP contribution in [0.4, 0.5) is 0 Å². The van der Waals surface area contributed by atoms with Crippen LogP contribution in [0.25, 0.3) is 0 Å². The molecule has 1 aliphatic rings. The quantitative estimate of drug-likeness (QED) is 0.804. The Hall–Kier alpha value is -1.89. The molecule has 0 saturated heterocycles. The Kier molecular flexibility index (Phi) is 3.68. The van der Waals surface area contributed by atoms with Crippen molar-refractivity contribution in [1.82, 2.24) is 30.1 Å². The molecule has 1 saturated carbocycles. The highest BCUT2D eigenvalue weighted by molar-refractivity contribution is 5.14. The van der Waals surface area contributed by atoms with Crippen molar-refractivity contribution in [2.75, 3.05) is 6.61 Å². The minimum Gasteiger partial charge on any atom is -0.476 e. The highest BCUT2D eigenvalue weighted by atomic mass is 16.5. The Morgan fingerprint density at radius 2 is 2.30 bits per heavy atom. The van der Waals surface area contributed by atoms with E-state index in [1.54, 1.807) is 4.68 Å². The monoisotopic (exact) mass is 276 g/mol. The van der Waals surface area contributed by atoms with Gasteiger partial charge in [-0.05, 0) is 19.8 Å². The molecule has 2 heterocycles. The lowest BCUT2D eigenvalue weighted by atomic mass is 10.4. The Balaban J connectivity index is 1.44. The van der Waals surface area contributed by atoms with Gasteiger partial charge in [0.2, 0.25) is 5.88 Å². The van der Waals surface area contributed by atoms with E-state index in [-0.39, 0.29) is 0 Å². The van der Waals surface area contributed by atoms with Crippen molar-refractivity contribution < 1.29 is 4.74 Å². The highest BCUT2D eigenvalue weighted by Gasteiger charge is 2.20. The molecule has 0 aromatic carbocycles. The molecule has 7 heteroatoms. The van der Waals surface area contributed by atoms with Crippen LogP contribution in [0.5, 0.6) is 5.88 Å². The van der Waals surface area contributed by atoms with E-state index in [1.807, 2.05) is 30.9 Å². The summed E-state index contributed by atoms with van der Waals surface area (Å²) in [6.45, 7) is 3.98. The molecule has 20 heavy (non-hydrogen) atoms. The van der Waals surface area contributed by atoms with Gasteiger partial charge in [-0.2, -0.15) is 5.10 Å². The Labute approximate surface area is 117 Å². The molecule has 3 rings (SSSR count). The van der Waals surface area contributed by atoms with E-state index in [4.69, 9.17) is 4.74 Å². The fraction of sp³-hybridized carbons (Fsp3) is 0.615. The molecule has 0 radical (unpaired) electrons. The molecule has 0 amide bonds. The van der Waals surface area contributed by atoms with E-state index < -0.39 is 0 Å². The summed E-state index contributed by atoms with van der Waals surface area (Å²) in [7, 11) is 1.87. The summed E-state index contributed by atoms with van der Waals surface area (Å²) in [6.07, 6.45) is 4.53. The molecular formula is C13H20N6O. The first kappa shape index (κ1) is 13.1. The molecule has 1 aliphatic carbocycles. The summed E-state index contributed by atoms with van der Waals surface area (Å²) in [5, 5.41) is 15.9. The second kappa shape index (κ2) is 5.62.